The van der Waals surface area contributed by atoms with E-state index < -0.39 is 0 Å². The molecule has 2 nitrogen and oxygen atoms in total. The molecule has 0 bridgehead atoms. The molecule has 1 unspecified atom stereocenters. The van der Waals surface area contributed by atoms with E-state index in [1.54, 1.807) is 7.11 Å². The standard InChI is InChI=1S/C13H18O2/c1-4-10(2)13(14)9-11-6-5-7-12(8-11)15-3/h5-8,10H,4,9H2,1-3H3. The van der Waals surface area contributed by atoms with Crippen molar-refractivity contribution in [3.8, 4) is 5.75 Å². The minimum Gasteiger partial charge on any atom is -0.497 e. The lowest BCUT2D eigenvalue weighted by Gasteiger charge is -2.08. The molecule has 0 heterocycles. The van der Waals surface area contributed by atoms with E-state index in [2.05, 4.69) is 0 Å². The summed E-state index contributed by atoms with van der Waals surface area (Å²) in [6.07, 6.45) is 1.41. The fourth-order valence-electron chi connectivity index (χ4n) is 1.39. The smallest absolute Gasteiger partial charge is 0.140 e. The SMILES string of the molecule is CCC(C)C(=O)Cc1cccc(OC)c1. The van der Waals surface area contributed by atoms with Gasteiger partial charge in [0.1, 0.15) is 11.5 Å². The maximum Gasteiger partial charge on any atom is 0.140 e. The Bertz CT molecular complexity index is 331. The van der Waals surface area contributed by atoms with Gasteiger partial charge < -0.3 is 4.74 Å². The topological polar surface area (TPSA) is 26.3 Å². The van der Waals surface area contributed by atoms with E-state index in [0.29, 0.717) is 12.2 Å². The van der Waals surface area contributed by atoms with Gasteiger partial charge in [0.05, 0.1) is 7.11 Å². The zero-order valence-electron chi connectivity index (χ0n) is 9.62. The Labute approximate surface area is 91.3 Å². The Morgan fingerprint density at radius 2 is 2.20 bits per heavy atom. The van der Waals surface area contributed by atoms with Gasteiger partial charge in [-0.3, -0.25) is 4.79 Å². The van der Waals surface area contributed by atoms with Gasteiger partial charge >= 0.3 is 0 Å². The third-order valence-corrected chi connectivity index (χ3v) is 2.67. The number of rotatable bonds is 5. The highest BCUT2D eigenvalue weighted by molar-refractivity contribution is 5.82. The molecule has 0 spiro atoms. The van der Waals surface area contributed by atoms with E-state index in [1.165, 1.54) is 0 Å². The Hall–Kier alpha value is -1.31. The summed E-state index contributed by atoms with van der Waals surface area (Å²) >= 11 is 0. The molecule has 0 radical (unpaired) electrons. The van der Waals surface area contributed by atoms with Crippen molar-refractivity contribution in [1.82, 2.24) is 0 Å². The summed E-state index contributed by atoms with van der Waals surface area (Å²) in [5.74, 6) is 1.26. The number of ketones is 1. The normalized spacial score (nSPS) is 12.2. The van der Waals surface area contributed by atoms with Crippen LogP contribution >= 0.6 is 0 Å². The summed E-state index contributed by atoms with van der Waals surface area (Å²) in [7, 11) is 1.63. The first-order valence-corrected chi connectivity index (χ1v) is 5.33. The molecule has 0 saturated carbocycles. The molecule has 2 heteroatoms. The van der Waals surface area contributed by atoms with E-state index in [9.17, 15) is 4.79 Å². The van der Waals surface area contributed by atoms with Gasteiger partial charge in [-0.25, -0.2) is 0 Å². The summed E-state index contributed by atoms with van der Waals surface area (Å²) < 4.78 is 5.11. The minimum absolute atomic E-state index is 0.149. The molecule has 0 aliphatic rings. The first kappa shape index (κ1) is 11.8. The molecule has 82 valence electrons. The van der Waals surface area contributed by atoms with Crippen molar-refractivity contribution in [3.63, 3.8) is 0 Å². The van der Waals surface area contributed by atoms with E-state index >= 15 is 0 Å². The predicted molar refractivity (Wildman–Crippen MR) is 61.2 cm³/mol. The molecule has 0 amide bonds. The van der Waals surface area contributed by atoms with Crippen molar-refractivity contribution < 1.29 is 9.53 Å². The van der Waals surface area contributed by atoms with E-state index in [4.69, 9.17) is 4.74 Å². The molecule has 0 saturated heterocycles. The van der Waals surface area contributed by atoms with Gasteiger partial charge in [0.15, 0.2) is 0 Å². The van der Waals surface area contributed by atoms with Crippen LogP contribution in [0.1, 0.15) is 25.8 Å². The average molecular weight is 206 g/mol. The van der Waals surface area contributed by atoms with E-state index in [1.807, 2.05) is 38.1 Å². The van der Waals surface area contributed by atoms with Crippen molar-refractivity contribution in [3.05, 3.63) is 29.8 Å². The van der Waals surface area contributed by atoms with E-state index in [0.717, 1.165) is 17.7 Å². The number of Topliss-reactive ketones (excluding diaryl/α,β-unsaturated/α-hetero) is 1. The molecule has 1 atom stereocenters. The number of hydrogen-bond acceptors (Lipinski definition) is 2. The van der Waals surface area contributed by atoms with Crippen LogP contribution < -0.4 is 4.74 Å². The van der Waals surface area contributed by atoms with Crippen LogP contribution in [-0.2, 0) is 11.2 Å². The predicted octanol–water partition coefficient (Wildman–Crippen LogP) is 2.85. The molecule has 1 aromatic rings. The molecule has 0 aromatic heterocycles. The molecule has 1 rings (SSSR count). The van der Waals surface area contributed by atoms with Gasteiger partial charge in [0.2, 0.25) is 0 Å². The second kappa shape index (κ2) is 5.54. The molecule has 0 aliphatic heterocycles. The minimum atomic E-state index is 0.149. The van der Waals surface area contributed by atoms with Gasteiger partial charge in [-0.2, -0.15) is 0 Å². The van der Waals surface area contributed by atoms with Crippen LogP contribution in [-0.4, -0.2) is 12.9 Å². The van der Waals surface area contributed by atoms with Crippen molar-refractivity contribution in [2.75, 3.05) is 7.11 Å². The quantitative estimate of drug-likeness (QED) is 0.740. The van der Waals surface area contributed by atoms with Crippen molar-refractivity contribution in [1.29, 1.82) is 0 Å². The second-order valence-corrected chi connectivity index (χ2v) is 3.80. The van der Waals surface area contributed by atoms with Crippen LogP contribution in [0.5, 0.6) is 5.75 Å². The number of methoxy groups -OCH3 is 1. The first-order chi connectivity index (χ1) is 7.17. The maximum absolute atomic E-state index is 11.7. The molecular weight excluding hydrogens is 188 g/mol. The van der Waals surface area contributed by atoms with Gasteiger partial charge in [0, 0.05) is 12.3 Å². The zero-order valence-corrected chi connectivity index (χ0v) is 9.62. The lowest BCUT2D eigenvalue weighted by molar-refractivity contribution is -0.121. The highest BCUT2D eigenvalue weighted by atomic mass is 16.5. The molecular formula is C13H18O2. The molecule has 0 aliphatic carbocycles. The lowest BCUT2D eigenvalue weighted by atomic mass is 9.97. The van der Waals surface area contributed by atoms with Crippen molar-refractivity contribution in [2.45, 2.75) is 26.7 Å². The Kier molecular flexibility index (Phi) is 4.35. The Balaban J connectivity index is 2.68. The molecule has 1 aromatic carbocycles. The second-order valence-electron chi connectivity index (χ2n) is 3.80. The highest BCUT2D eigenvalue weighted by Crippen LogP contribution is 2.15. The molecule has 0 N–H and O–H groups in total. The van der Waals surface area contributed by atoms with Crippen molar-refractivity contribution >= 4 is 5.78 Å². The van der Waals surface area contributed by atoms with Crippen LogP contribution in [0.4, 0.5) is 0 Å². The summed E-state index contributed by atoms with van der Waals surface area (Å²) in [5, 5.41) is 0. The Morgan fingerprint density at radius 3 is 2.80 bits per heavy atom. The van der Waals surface area contributed by atoms with Crippen LogP contribution in [0, 0.1) is 5.92 Å². The summed E-state index contributed by atoms with van der Waals surface area (Å²) in [6.45, 7) is 4.01. The third kappa shape index (κ3) is 3.39. The number of benzene rings is 1. The number of carbonyl (C=O) groups is 1. The van der Waals surface area contributed by atoms with Crippen molar-refractivity contribution in [2.24, 2.45) is 5.92 Å². The molecule has 15 heavy (non-hydrogen) atoms. The summed E-state index contributed by atoms with van der Waals surface area (Å²) in [6, 6.07) is 7.68. The van der Waals surface area contributed by atoms with Gasteiger partial charge in [0.25, 0.3) is 0 Å². The van der Waals surface area contributed by atoms with Crippen LogP contribution in [0.15, 0.2) is 24.3 Å². The zero-order chi connectivity index (χ0) is 11.3. The number of hydrogen-bond donors (Lipinski definition) is 0. The summed E-state index contributed by atoms with van der Waals surface area (Å²) in [5.41, 5.74) is 1.03. The third-order valence-electron chi connectivity index (χ3n) is 2.67. The lowest BCUT2D eigenvalue weighted by Crippen LogP contribution is -2.12. The van der Waals surface area contributed by atoms with Gasteiger partial charge in [-0.15, -0.1) is 0 Å². The van der Waals surface area contributed by atoms with Gasteiger partial charge in [-0.1, -0.05) is 26.0 Å². The average Bonchev–Trinajstić information content (AvgIpc) is 2.28. The van der Waals surface area contributed by atoms with Gasteiger partial charge in [-0.05, 0) is 24.1 Å². The fourth-order valence-corrected chi connectivity index (χ4v) is 1.39. The Morgan fingerprint density at radius 1 is 1.47 bits per heavy atom. The van der Waals surface area contributed by atoms with E-state index in [-0.39, 0.29) is 5.92 Å². The highest BCUT2D eigenvalue weighted by Gasteiger charge is 2.11. The monoisotopic (exact) mass is 206 g/mol. The first-order valence-electron chi connectivity index (χ1n) is 5.33. The largest absolute Gasteiger partial charge is 0.497 e. The van der Waals surface area contributed by atoms with Crippen LogP contribution in [0.2, 0.25) is 0 Å². The maximum atomic E-state index is 11.7. The molecule has 0 fully saturated rings. The van der Waals surface area contributed by atoms with Crippen LogP contribution in [0.25, 0.3) is 0 Å². The fraction of sp³-hybridized carbons (Fsp3) is 0.462. The summed E-state index contributed by atoms with van der Waals surface area (Å²) in [4.78, 5) is 11.7. The number of carbonyl (C=O) groups excluding carboxylic acids is 1. The number of ether oxygens (including phenoxy) is 1. The van der Waals surface area contributed by atoms with Crippen LogP contribution in [0.3, 0.4) is 0 Å².